The van der Waals surface area contributed by atoms with Crippen LogP contribution in [0.15, 0.2) is 23.9 Å². The Balaban J connectivity index is 2.65. The monoisotopic (exact) mass is 348 g/mol. The van der Waals surface area contributed by atoms with Gasteiger partial charge in [-0.25, -0.2) is 4.79 Å². The van der Waals surface area contributed by atoms with Crippen molar-refractivity contribution in [3.63, 3.8) is 0 Å². The average Bonchev–Trinajstić information content (AvgIpc) is 2.51. The van der Waals surface area contributed by atoms with E-state index in [-0.39, 0.29) is 35.5 Å². The van der Waals surface area contributed by atoms with Crippen molar-refractivity contribution in [2.75, 3.05) is 19.7 Å². The third-order valence-electron chi connectivity index (χ3n) is 4.14. The Bertz CT molecular complexity index is 691. The molecule has 0 spiro atoms. The third-order valence-corrected chi connectivity index (χ3v) is 4.14. The number of phenols is 1. The van der Waals surface area contributed by atoms with E-state index in [1.807, 2.05) is 27.7 Å². The molecular weight excluding hydrogens is 320 g/mol. The number of aromatic hydroxyl groups is 1. The molecule has 3 N–H and O–H groups in total. The van der Waals surface area contributed by atoms with Gasteiger partial charge in [-0.1, -0.05) is 34.1 Å². The second-order valence-corrected chi connectivity index (χ2v) is 7.68. The lowest BCUT2D eigenvalue weighted by Crippen LogP contribution is -2.55. The predicted octanol–water partition coefficient (Wildman–Crippen LogP) is 3.35. The molecule has 0 aromatic heterocycles. The Kier molecular flexibility index (Phi) is 5.56. The van der Waals surface area contributed by atoms with Crippen molar-refractivity contribution in [3.8, 4) is 5.75 Å². The first-order valence-corrected chi connectivity index (χ1v) is 8.68. The van der Waals surface area contributed by atoms with Gasteiger partial charge in [-0.3, -0.25) is 4.65 Å². The molecule has 0 saturated heterocycles. The quantitative estimate of drug-likeness (QED) is 0.467. The number of ether oxygens (including phenoxy) is 1. The summed E-state index contributed by atoms with van der Waals surface area (Å²) in [5.74, 6) is -0.285. The zero-order chi connectivity index (χ0) is 18.8. The molecule has 6 heteroatoms. The fourth-order valence-corrected chi connectivity index (χ4v) is 3.10. The van der Waals surface area contributed by atoms with Gasteiger partial charge < -0.3 is 20.8 Å². The van der Waals surface area contributed by atoms with Crippen LogP contribution in [0.5, 0.6) is 5.75 Å². The molecule has 25 heavy (non-hydrogen) atoms. The van der Waals surface area contributed by atoms with Crippen LogP contribution in [0.2, 0.25) is 0 Å². The number of phenolic OH excluding ortho intramolecular Hbond substituents is 1. The molecule has 0 fully saturated rings. The van der Waals surface area contributed by atoms with Gasteiger partial charge >= 0.3 is 5.91 Å². The third kappa shape index (κ3) is 3.86. The Morgan fingerprint density at radius 2 is 1.96 bits per heavy atom. The molecule has 0 saturated carbocycles. The first-order chi connectivity index (χ1) is 11.6. The summed E-state index contributed by atoms with van der Waals surface area (Å²) in [6.45, 7) is 8.19. The topological polar surface area (TPSA) is 95.6 Å². The van der Waals surface area contributed by atoms with Crippen LogP contribution in [0.1, 0.15) is 56.5 Å². The average molecular weight is 348 g/mol. The molecule has 1 unspecified atom stereocenters. The summed E-state index contributed by atoms with van der Waals surface area (Å²) in [5, 5.41) is 23.4. The highest BCUT2D eigenvalue weighted by Gasteiger charge is 2.45. The molecule has 2 rings (SSSR count). The van der Waals surface area contributed by atoms with Crippen molar-refractivity contribution in [2.24, 2.45) is 11.1 Å². The van der Waals surface area contributed by atoms with Crippen molar-refractivity contribution >= 4 is 11.7 Å². The van der Waals surface area contributed by atoms with Crippen LogP contribution in [0, 0.1) is 10.6 Å². The zero-order valence-corrected chi connectivity index (χ0v) is 15.5. The number of hydroxylamine groups is 3. The van der Waals surface area contributed by atoms with Crippen LogP contribution in [-0.2, 0) is 4.74 Å². The fraction of sp³-hybridized carbons (Fsp3) is 0.526. The van der Waals surface area contributed by atoms with E-state index < -0.39 is 10.6 Å². The summed E-state index contributed by atoms with van der Waals surface area (Å²) in [4.78, 5) is 13.0. The van der Waals surface area contributed by atoms with Crippen molar-refractivity contribution in [2.45, 2.75) is 40.5 Å². The molecule has 1 aliphatic heterocycles. The number of nitrogens with two attached hydrogens (primary N) is 1. The van der Waals surface area contributed by atoms with Gasteiger partial charge in [0.1, 0.15) is 5.75 Å². The molecule has 138 valence electrons. The molecule has 1 atom stereocenters. The van der Waals surface area contributed by atoms with E-state index in [2.05, 4.69) is 0 Å². The van der Waals surface area contributed by atoms with Gasteiger partial charge in [0.25, 0.3) is 0 Å². The Labute approximate surface area is 149 Å². The highest BCUT2D eigenvalue weighted by molar-refractivity contribution is 5.98. The van der Waals surface area contributed by atoms with E-state index in [0.29, 0.717) is 17.9 Å². The largest absolute Gasteiger partial charge is 0.620 e. The van der Waals surface area contributed by atoms with Gasteiger partial charge in [0.2, 0.25) is 0 Å². The molecule has 1 heterocycles. The summed E-state index contributed by atoms with van der Waals surface area (Å²) in [6.07, 6.45) is 1.78. The smallest absolute Gasteiger partial charge is 0.351 e. The van der Waals surface area contributed by atoms with Crippen LogP contribution in [0.25, 0.3) is 5.76 Å². The molecular formula is C19H28N2O4. The number of amides is 1. The van der Waals surface area contributed by atoms with E-state index in [1.165, 1.54) is 12.1 Å². The van der Waals surface area contributed by atoms with Crippen LogP contribution in [0.3, 0.4) is 0 Å². The Hall–Kier alpha value is -1.89. The van der Waals surface area contributed by atoms with Crippen LogP contribution in [-0.4, -0.2) is 35.4 Å². The van der Waals surface area contributed by atoms with Gasteiger partial charge in [0, 0.05) is 11.0 Å². The second-order valence-electron chi connectivity index (χ2n) is 7.68. The lowest BCUT2D eigenvalue weighted by atomic mass is 9.91. The minimum Gasteiger partial charge on any atom is -0.620 e. The summed E-state index contributed by atoms with van der Waals surface area (Å²) in [5.41, 5.74) is 6.45. The maximum absolute atomic E-state index is 13.6. The maximum atomic E-state index is 13.6. The number of hydrogen-bond acceptors (Lipinski definition) is 5. The van der Waals surface area contributed by atoms with Gasteiger partial charge in [-0.05, 0) is 24.6 Å². The molecule has 0 radical (unpaired) electrons. The van der Waals surface area contributed by atoms with Crippen molar-refractivity contribution in [1.82, 2.24) is 0 Å². The van der Waals surface area contributed by atoms with Crippen molar-refractivity contribution < 1.29 is 19.3 Å². The van der Waals surface area contributed by atoms with E-state index in [9.17, 15) is 15.1 Å². The summed E-state index contributed by atoms with van der Waals surface area (Å²) < 4.78 is 4.73. The standard InChI is InChI=1S/C19H28N2O4/c1-5-6-9-25-17-14-8-7-13(22)10-15(14)18(23)21(24,16(17)11-20)12-19(2,3)4/h7-8,10,22H,5-6,9,11-12,20H2,1-4H3. The minimum absolute atomic E-state index is 0.0497. The number of carbonyl (C=O) groups excluding carboxylic acids is 1. The molecule has 0 bridgehead atoms. The number of quaternary nitrogens is 1. The van der Waals surface area contributed by atoms with E-state index >= 15 is 0 Å². The molecule has 0 aliphatic carbocycles. The van der Waals surface area contributed by atoms with Gasteiger partial charge in [0.15, 0.2) is 11.5 Å². The number of carbonyl (C=O) groups is 1. The molecule has 1 aromatic rings. The molecule has 1 aromatic carbocycles. The SMILES string of the molecule is CCCCOC1=C(CN)[N+]([O-])(CC(C)(C)C)C(=O)c2cc(O)ccc21. The van der Waals surface area contributed by atoms with E-state index in [4.69, 9.17) is 10.5 Å². The highest BCUT2D eigenvalue weighted by Crippen LogP contribution is 2.40. The number of nitrogens with zero attached hydrogens (tertiary/aromatic N) is 1. The minimum atomic E-state index is -1.17. The van der Waals surface area contributed by atoms with Gasteiger partial charge in [0.05, 0.1) is 25.3 Å². The number of hydrogen-bond donors (Lipinski definition) is 2. The number of benzene rings is 1. The number of unbranched alkanes of at least 4 members (excludes halogenated alkanes) is 1. The molecule has 6 nitrogen and oxygen atoms in total. The van der Waals surface area contributed by atoms with Crippen LogP contribution in [0.4, 0.5) is 0 Å². The van der Waals surface area contributed by atoms with Gasteiger partial charge in [-0.15, -0.1) is 0 Å². The predicted molar refractivity (Wildman–Crippen MR) is 97.2 cm³/mol. The lowest BCUT2D eigenvalue weighted by Gasteiger charge is -2.46. The van der Waals surface area contributed by atoms with Gasteiger partial charge in [-0.2, -0.15) is 0 Å². The van der Waals surface area contributed by atoms with Crippen LogP contribution >= 0.6 is 0 Å². The molecule has 1 amide bonds. The van der Waals surface area contributed by atoms with Crippen LogP contribution < -0.4 is 5.73 Å². The highest BCUT2D eigenvalue weighted by atomic mass is 16.6. The Morgan fingerprint density at radius 1 is 1.28 bits per heavy atom. The van der Waals surface area contributed by atoms with Crippen molar-refractivity contribution in [1.29, 1.82) is 0 Å². The molecule has 1 aliphatic rings. The number of fused-ring (bicyclic) bond motifs is 1. The van der Waals surface area contributed by atoms with E-state index in [0.717, 1.165) is 12.8 Å². The lowest BCUT2D eigenvalue weighted by molar-refractivity contribution is -0.766. The first-order valence-electron chi connectivity index (χ1n) is 8.68. The fourth-order valence-electron chi connectivity index (χ4n) is 3.10. The summed E-state index contributed by atoms with van der Waals surface area (Å²) >= 11 is 0. The normalized spacial score (nSPS) is 20.6. The second kappa shape index (κ2) is 7.15. The summed E-state index contributed by atoms with van der Waals surface area (Å²) in [7, 11) is 0. The summed E-state index contributed by atoms with van der Waals surface area (Å²) in [6, 6.07) is 4.43. The number of rotatable bonds is 6. The first kappa shape index (κ1) is 19.4. The Morgan fingerprint density at radius 3 is 2.52 bits per heavy atom. The van der Waals surface area contributed by atoms with Crippen molar-refractivity contribution in [3.05, 3.63) is 40.2 Å². The van der Waals surface area contributed by atoms with E-state index in [1.54, 1.807) is 6.07 Å². The zero-order valence-electron chi connectivity index (χ0n) is 15.5. The maximum Gasteiger partial charge on any atom is 0.351 e.